The lowest BCUT2D eigenvalue weighted by atomic mass is 9.98. The molecule has 2 aromatic rings. The van der Waals surface area contributed by atoms with E-state index in [0.717, 1.165) is 43.0 Å². The quantitative estimate of drug-likeness (QED) is 0.715. The van der Waals surface area contributed by atoms with Gasteiger partial charge >= 0.3 is 6.03 Å². The minimum atomic E-state index is -0.194. The van der Waals surface area contributed by atoms with E-state index in [0.29, 0.717) is 17.6 Å². The first kappa shape index (κ1) is 18.3. The standard InChI is InChI=1S/C18H23ClN6O/c1-12-4-6-14(7-5-12)22-18(26)21-10-13-3-2-8-25(11-13)16-9-15(19)23-17(20)24-16/h4-7,9,13H,2-3,8,10-11H2,1H3,(H2,20,23,24)(H2,21,22,26). The van der Waals surface area contributed by atoms with Crippen molar-refractivity contribution in [3.8, 4) is 0 Å². The van der Waals surface area contributed by atoms with Gasteiger partial charge in [0.05, 0.1) is 0 Å². The molecular formula is C18H23ClN6O. The zero-order valence-electron chi connectivity index (χ0n) is 14.7. The van der Waals surface area contributed by atoms with Crippen molar-refractivity contribution in [2.75, 3.05) is 35.6 Å². The lowest BCUT2D eigenvalue weighted by Crippen LogP contribution is -2.42. The predicted octanol–water partition coefficient (Wildman–Crippen LogP) is 3.06. The number of nitrogens with zero attached hydrogens (tertiary/aromatic N) is 3. The van der Waals surface area contributed by atoms with Crippen LogP contribution in [0.1, 0.15) is 18.4 Å². The van der Waals surface area contributed by atoms with Crippen LogP contribution in [-0.2, 0) is 0 Å². The van der Waals surface area contributed by atoms with E-state index in [4.69, 9.17) is 17.3 Å². The van der Waals surface area contributed by atoms with Crippen LogP contribution >= 0.6 is 11.6 Å². The maximum atomic E-state index is 12.1. The molecule has 8 heteroatoms. The smallest absolute Gasteiger partial charge is 0.319 e. The molecule has 7 nitrogen and oxygen atoms in total. The Bertz CT molecular complexity index is 747. The molecule has 0 bridgehead atoms. The number of aromatic nitrogens is 2. The number of hydrogen-bond donors (Lipinski definition) is 3. The van der Waals surface area contributed by atoms with Gasteiger partial charge in [-0.15, -0.1) is 0 Å². The molecule has 0 spiro atoms. The molecule has 1 atom stereocenters. The summed E-state index contributed by atoms with van der Waals surface area (Å²) in [5.41, 5.74) is 7.62. The number of hydrogen-bond acceptors (Lipinski definition) is 5. The Hall–Kier alpha value is -2.54. The number of anilines is 3. The van der Waals surface area contributed by atoms with Crippen LogP contribution in [0.15, 0.2) is 30.3 Å². The Morgan fingerprint density at radius 2 is 2.12 bits per heavy atom. The van der Waals surface area contributed by atoms with Gasteiger partial charge in [0.15, 0.2) is 0 Å². The van der Waals surface area contributed by atoms with E-state index in [1.165, 1.54) is 0 Å². The monoisotopic (exact) mass is 374 g/mol. The molecule has 1 aromatic carbocycles. The summed E-state index contributed by atoms with van der Waals surface area (Å²) >= 11 is 5.97. The number of halogens is 1. The Labute approximate surface area is 158 Å². The van der Waals surface area contributed by atoms with Crippen LogP contribution in [0.2, 0.25) is 5.15 Å². The summed E-state index contributed by atoms with van der Waals surface area (Å²) in [6.07, 6.45) is 2.07. The Morgan fingerprint density at radius 3 is 2.85 bits per heavy atom. The van der Waals surface area contributed by atoms with Gasteiger partial charge in [-0.25, -0.2) is 9.78 Å². The van der Waals surface area contributed by atoms with E-state index in [1.807, 2.05) is 31.2 Å². The van der Waals surface area contributed by atoms with E-state index in [1.54, 1.807) is 6.07 Å². The minimum Gasteiger partial charge on any atom is -0.368 e. The summed E-state index contributed by atoms with van der Waals surface area (Å²) in [6, 6.07) is 9.24. The molecule has 0 saturated carbocycles. The van der Waals surface area contributed by atoms with Gasteiger partial charge in [0.1, 0.15) is 11.0 Å². The Balaban J connectivity index is 1.51. The third kappa shape index (κ3) is 4.98. The van der Waals surface area contributed by atoms with E-state index in [2.05, 4.69) is 25.5 Å². The first-order chi connectivity index (χ1) is 12.5. The van der Waals surface area contributed by atoms with Crippen molar-refractivity contribution >= 4 is 35.1 Å². The first-order valence-electron chi connectivity index (χ1n) is 8.66. The summed E-state index contributed by atoms with van der Waals surface area (Å²) in [5.74, 6) is 1.24. The number of nitrogens with one attached hydrogen (secondary N) is 2. The van der Waals surface area contributed by atoms with E-state index in [9.17, 15) is 4.79 Å². The van der Waals surface area contributed by atoms with Gasteiger partial charge in [-0.2, -0.15) is 4.98 Å². The van der Waals surface area contributed by atoms with Crippen molar-refractivity contribution in [1.82, 2.24) is 15.3 Å². The molecule has 26 heavy (non-hydrogen) atoms. The van der Waals surface area contributed by atoms with Crippen LogP contribution in [0.4, 0.5) is 22.2 Å². The molecule has 0 radical (unpaired) electrons. The predicted molar refractivity (Wildman–Crippen MR) is 105 cm³/mol. The van der Waals surface area contributed by atoms with Crippen molar-refractivity contribution in [2.24, 2.45) is 5.92 Å². The van der Waals surface area contributed by atoms with Crippen molar-refractivity contribution < 1.29 is 4.79 Å². The molecular weight excluding hydrogens is 352 g/mol. The molecule has 1 aliphatic heterocycles. The number of benzene rings is 1. The molecule has 1 fully saturated rings. The fourth-order valence-corrected chi connectivity index (χ4v) is 3.26. The summed E-state index contributed by atoms with van der Waals surface area (Å²) in [7, 11) is 0. The Morgan fingerprint density at radius 1 is 1.35 bits per heavy atom. The van der Waals surface area contributed by atoms with Crippen LogP contribution in [0.5, 0.6) is 0 Å². The topological polar surface area (TPSA) is 96.2 Å². The number of nitrogens with two attached hydrogens (primary N) is 1. The van der Waals surface area contributed by atoms with Gasteiger partial charge in [0.2, 0.25) is 5.95 Å². The highest BCUT2D eigenvalue weighted by Crippen LogP contribution is 2.23. The van der Waals surface area contributed by atoms with Crippen molar-refractivity contribution in [3.63, 3.8) is 0 Å². The van der Waals surface area contributed by atoms with Crippen LogP contribution in [0.3, 0.4) is 0 Å². The van der Waals surface area contributed by atoms with Gasteiger partial charge in [0.25, 0.3) is 0 Å². The van der Waals surface area contributed by atoms with Crippen molar-refractivity contribution in [3.05, 3.63) is 41.0 Å². The summed E-state index contributed by atoms with van der Waals surface area (Å²) in [4.78, 5) is 22.4. The molecule has 0 aliphatic carbocycles. The number of amides is 2. The highest BCUT2D eigenvalue weighted by Gasteiger charge is 2.22. The average molecular weight is 375 g/mol. The summed E-state index contributed by atoms with van der Waals surface area (Å²) in [5, 5.41) is 6.14. The number of aryl methyl sites for hydroxylation is 1. The van der Waals surface area contributed by atoms with Gasteiger partial charge in [-0.3, -0.25) is 0 Å². The zero-order chi connectivity index (χ0) is 18.5. The third-order valence-corrected chi connectivity index (χ3v) is 4.60. The number of carbonyl (C=O) groups excluding carboxylic acids is 1. The van der Waals surface area contributed by atoms with Gasteiger partial charge in [0, 0.05) is 31.4 Å². The largest absolute Gasteiger partial charge is 0.368 e. The average Bonchev–Trinajstić information content (AvgIpc) is 2.61. The van der Waals surface area contributed by atoms with Gasteiger partial charge in [-0.1, -0.05) is 29.3 Å². The van der Waals surface area contributed by atoms with E-state index in [-0.39, 0.29) is 12.0 Å². The first-order valence-corrected chi connectivity index (χ1v) is 9.04. The van der Waals surface area contributed by atoms with Crippen LogP contribution in [0, 0.1) is 12.8 Å². The fourth-order valence-electron chi connectivity index (χ4n) is 3.07. The van der Waals surface area contributed by atoms with Crippen LogP contribution < -0.4 is 21.3 Å². The molecule has 1 unspecified atom stereocenters. The highest BCUT2D eigenvalue weighted by atomic mass is 35.5. The number of piperidine rings is 1. The third-order valence-electron chi connectivity index (χ3n) is 4.40. The maximum absolute atomic E-state index is 12.1. The van der Waals surface area contributed by atoms with Crippen LogP contribution in [0.25, 0.3) is 0 Å². The summed E-state index contributed by atoms with van der Waals surface area (Å²) < 4.78 is 0. The molecule has 1 aliphatic rings. The fraction of sp³-hybridized carbons (Fsp3) is 0.389. The molecule has 2 amide bonds. The highest BCUT2D eigenvalue weighted by molar-refractivity contribution is 6.29. The number of urea groups is 1. The van der Waals surface area contributed by atoms with Crippen molar-refractivity contribution in [2.45, 2.75) is 19.8 Å². The molecule has 1 aromatic heterocycles. The lowest BCUT2D eigenvalue weighted by Gasteiger charge is -2.33. The minimum absolute atomic E-state index is 0.172. The normalized spacial score (nSPS) is 17.0. The molecule has 138 valence electrons. The SMILES string of the molecule is Cc1ccc(NC(=O)NCC2CCCN(c3cc(Cl)nc(N)n3)C2)cc1. The Kier molecular flexibility index (Phi) is 5.78. The second kappa shape index (κ2) is 8.23. The molecule has 3 rings (SSSR count). The van der Waals surface area contributed by atoms with Gasteiger partial charge in [-0.05, 0) is 37.8 Å². The van der Waals surface area contributed by atoms with Gasteiger partial charge < -0.3 is 21.3 Å². The second-order valence-electron chi connectivity index (χ2n) is 6.56. The van der Waals surface area contributed by atoms with E-state index < -0.39 is 0 Å². The number of rotatable bonds is 4. The second-order valence-corrected chi connectivity index (χ2v) is 6.95. The summed E-state index contributed by atoms with van der Waals surface area (Å²) in [6.45, 7) is 4.29. The maximum Gasteiger partial charge on any atom is 0.319 e. The van der Waals surface area contributed by atoms with Crippen LogP contribution in [-0.4, -0.2) is 35.6 Å². The lowest BCUT2D eigenvalue weighted by molar-refractivity contribution is 0.249. The number of carbonyl (C=O) groups is 1. The molecule has 2 heterocycles. The zero-order valence-corrected chi connectivity index (χ0v) is 15.5. The van der Waals surface area contributed by atoms with Crippen molar-refractivity contribution in [1.29, 1.82) is 0 Å². The van der Waals surface area contributed by atoms with E-state index >= 15 is 0 Å². The molecule has 1 saturated heterocycles. The molecule has 4 N–H and O–H groups in total. The number of nitrogen functional groups attached to an aromatic ring is 1.